The Balaban J connectivity index is 1.78. The van der Waals surface area contributed by atoms with Gasteiger partial charge in [0.05, 0.1) is 6.26 Å². The number of sulfonamides is 1. The van der Waals surface area contributed by atoms with Crippen LogP contribution in [0.5, 0.6) is 0 Å². The molecule has 0 aromatic heterocycles. The molecule has 1 aromatic carbocycles. The minimum atomic E-state index is -3.55. The number of hydrogen-bond acceptors (Lipinski definition) is 7. The minimum absolute atomic E-state index is 0.218. The van der Waals surface area contributed by atoms with Crippen molar-refractivity contribution >= 4 is 21.7 Å². The second-order valence-corrected chi connectivity index (χ2v) is 7.32. The van der Waals surface area contributed by atoms with Crippen molar-refractivity contribution in [3.8, 4) is 0 Å². The zero-order valence-electron chi connectivity index (χ0n) is 12.9. The van der Waals surface area contributed by atoms with E-state index in [1.165, 1.54) is 22.5 Å². The van der Waals surface area contributed by atoms with E-state index in [0.717, 1.165) is 16.2 Å². The van der Waals surface area contributed by atoms with Gasteiger partial charge in [0.25, 0.3) is 0 Å². The van der Waals surface area contributed by atoms with E-state index in [4.69, 9.17) is 0 Å². The molecule has 0 saturated heterocycles. The topological polar surface area (TPSA) is 96.1 Å². The Kier molecular flexibility index (Phi) is 3.12. The Morgan fingerprint density at radius 3 is 2.54 bits per heavy atom. The standard InChI is InChI=1S/C14H14N6O3S/c1-17-19(24(2,22)23)9-12-18(21)8-11-14(20(12)17)16-13(15-11)10-6-4-3-5-7-10/h3-9,18H,1-2H3. The minimum Gasteiger partial charge on any atom is -0.623 e. The highest BCUT2D eigenvalue weighted by Gasteiger charge is 2.44. The Hall–Kier alpha value is -2.53. The monoisotopic (exact) mass is 346 g/mol. The van der Waals surface area contributed by atoms with Crippen LogP contribution >= 0.6 is 0 Å². The summed E-state index contributed by atoms with van der Waals surface area (Å²) in [7, 11) is -2.01. The van der Waals surface area contributed by atoms with Crippen LogP contribution in [-0.4, -0.2) is 47.9 Å². The van der Waals surface area contributed by atoms with E-state index in [0.29, 0.717) is 17.4 Å². The molecule has 24 heavy (non-hydrogen) atoms. The van der Waals surface area contributed by atoms with Crippen molar-refractivity contribution in [2.45, 2.75) is 0 Å². The third kappa shape index (κ3) is 2.16. The van der Waals surface area contributed by atoms with Crippen LogP contribution in [0.2, 0.25) is 0 Å². The van der Waals surface area contributed by atoms with E-state index < -0.39 is 10.0 Å². The fourth-order valence-corrected chi connectivity index (χ4v) is 3.52. The predicted molar refractivity (Wildman–Crippen MR) is 87.2 cm³/mol. The zero-order chi connectivity index (χ0) is 17.1. The Morgan fingerprint density at radius 2 is 1.88 bits per heavy atom. The highest BCUT2D eigenvalue weighted by atomic mass is 32.2. The summed E-state index contributed by atoms with van der Waals surface area (Å²) in [5.74, 6) is 1.13. The number of quaternary nitrogens is 1. The van der Waals surface area contributed by atoms with Gasteiger partial charge in [-0.05, 0) is 0 Å². The molecule has 10 heteroatoms. The Labute approximate surface area is 138 Å². The molecule has 0 amide bonds. The molecule has 1 aromatic rings. The quantitative estimate of drug-likeness (QED) is 0.709. The smallest absolute Gasteiger partial charge is 0.248 e. The number of nitrogens with one attached hydrogen (secondary N) is 1. The molecule has 0 saturated carbocycles. The van der Waals surface area contributed by atoms with Gasteiger partial charge in [-0.2, -0.15) is 9.42 Å². The molecule has 3 aliphatic heterocycles. The van der Waals surface area contributed by atoms with Crippen molar-refractivity contribution < 1.29 is 13.5 Å². The normalized spacial score (nSPS) is 23.4. The van der Waals surface area contributed by atoms with Gasteiger partial charge < -0.3 is 5.21 Å². The maximum absolute atomic E-state index is 12.3. The van der Waals surface area contributed by atoms with E-state index in [2.05, 4.69) is 9.98 Å². The Bertz CT molecular complexity index is 935. The molecular weight excluding hydrogens is 332 g/mol. The predicted octanol–water partition coefficient (Wildman–Crippen LogP) is -0.779. The first-order valence-electron chi connectivity index (χ1n) is 7.10. The number of amidine groups is 2. The van der Waals surface area contributed by atoms with Crippen molar-refractivity contribution in [2.24, 2.45) is 9.98 Å². The lowest BCUT2D eigenvalue weighted by atomic mass is 10.2. The molecule has 3 heterocycles. The van der Waals surface area contributed by atoms with Gasteiger partial charge in [0.1, 0.15) is 12.4 Å². The molecule has 0 bridgehead atoms. The first-order valence-corrected chi connectivity index (χ1v) is 8.95. The molecule has 9 nitrogen and oxygen atoms in total. The van der Waals surface area contributed by atoms with Crippen LogP contribution in [0, 0.1) is 5.21 Å². The van der Waals surface area contributed by atoms with Crippen molar-refractivity contribution in [3.05, 3.63) is 65.0 Å². The van der Waals surface area contributed by atoms with Crippen LogP contribution in [0.25, 0.3) is 0 Å². The molecule has 1 atom stereocenters. The highest BCUT2D eigenvalue weighted by Crippen LogP contribution is 2.27. The third-order valence-corrected chi connectivity index (χ3v) is 4.82. The number of fused-ring (bicyclic) bond motifs is 3. The van der Waals surface area contributed by atoms with Crippen LogP contribution in [0.4, 0.5) is 0 Å². The average Bonchev–Trinajstić information content (AvgIpc) is 3.09. The molecule has 0 radical (unpaired) electrons. The second-order valence-electron chi connectivity index (χ2n) is 5.48. The fraction of sp³-hybridized carbons (Fsp3) is 0.143. The summed E-state index contributed by atoms with van der Waals surface area (Å²) in [6.45, 7) is 0. The first kappa shape index (κ1) is 15.0. The van der Waals surface area contributed by atoms with Crippen molar-refractivity contribution in [1.29, 1.82) is 0 Å². The number of hydroxylamine groups is 2. The van der Waals surface area contributed by atoms with Gasteiger partial charge in [-0.1, -0.05) is 30.3 Å². The lowest BCUT2D eigenvalue weighted by Gasteiger charge is -2.35. The maximum Gasteiger partial charge on any atom is 0.248 e. The summed E-state index contributed by atoms with van der Waals surface area (Å²) in [6.07, 6.45) is 3.73. The lowest BCUT2D eigenvalue weighted by Crippen LogP contribution is -3.03. The van der Waals surface area contributed by atoms with Crippen LogP contribution in [0.3, 0.4) is 0 Å². The molecular formula is C14H14N6O3S. The summed E-state index contributed by atoms with van der Waals surface area (Å²) >= 11 is 0. The van der Waals surface area contributed by atoms with Crippen molar-refractivity contribution in [2.75, 3.05) is 13.3 Å². The first-order chi connectivity index (χ1) is 11.4. The molecule has 124 valence electrons. The molecule has 3 aliphatic rings. The lowest BCUT2D eigenvalue weighted by molar-refractivity contribution is -0.760. The Morgan fingerprint density at radius 1 is 1.17 bits per heavy atom. The van der Waals surface area contributed by atoms with Crippen LogP contribution in [-0.2, 0) is 10.0 Å². The van der Waals surface area contributed by atoms with E-state index in [1.54, 1.807) is 7.05 Å². The highest BCUT2D eigenvalue weighted by molar-refractivity contribution is 7.88. The summed E-state index contributed by atoms with van der Waals surface area (Å²) in [5.41, 5.74) is 1.23. The molecule has 1 unspecified atom stereocenters. The number of aliphatic imine (C=N–C) groups is 2. The maximum atomic E-state index is 12.3. The van der Waals surface area contributed by atoms with Crippen molar-refractivity contribution in [1.82, 2.24) is 14.5 Å². The number of hydrazine groups is 2. The van der Waals surface area contributed by atoms with Gasteiger partial charge in [-0.25, -0.2) is 18.4 Å². The number of benzene rings is 1. The van der Waals surface area contributed by atoms with E-state index in [1.807, 2.05) is 30.3 Å². The molecule has 0 fully saturated rings. The van der Waals surface area contributed by atoms with Crippen molar-refractivity contribution in [3.63, 3.8) is 0 Å². The van der Waals surface area contributed by atoms with Gasteiger partial charge in [0.15, 0.2) is 17.4 Å². The van der Waals surface area contributed by atoms with E-state index >= 15 is 0 Å². The van der Waals surface area contributed by atoms with Gasteiger partial charge in [-0.15, -0.1) is 5.12 Å². The summed E-state index contributed by atoms with van der Waals surface area (Å²) in [5, 5.41) is 14.8. The number of nitrogens with zero attached hydrogens (tertiary/aromatic N) is 5. The van der Waals surface area contributed by atoms with Gasteiger partial charge in [-0.3, -0.25) is 5.06 Å². The zero-order valence-corrected chi connectivity index (χ0v) is 13.7. The van der Waals surface area contributed by atoms with Crippen LogP contribution < -0.4 is 5.06 Å². The molecule has 0 spiro atoms. The summed E-state index contributed by atoms with van der Waals surface area (Å²) in [6, 6.07) is 9.38. The van der Waals surface area contributed by atoms with Gasteiger partial charge >= 0.3 is 0 Å². The second kappa shape index (κ2) is 4.98. The third-order valence-electron chi connectivity index (χ3n) is 3.80. The largest absolute Gasteiger partial charge is 0.623 e. The summed E-state index contributed by atoms with van der Waals surface area (Å²) < 4.78 is 24.8. The fourth-order valence-electron chi connectivity index (χ4n) is 2.73. The number of hydrogen-bond donors (Lipinski definition) is 1. The SMILES string of the molecule is CN1N2C(=CN1S(C)(=O)=O)[NH+]([O-])C=C1N=C(c3ccccc3)N=C12. The summed E-state index contributed by atoms with van der Waals surface area (Å²) in [4.78, 5) is 8.89. The molecule has 4 rings (SSSR count). The molecule has 1 N–H and O–H groups in total. The van der Waals surface area contributed by atoms with Gasteiger partial charge in [0, 0.05) is 12.6 Å². The van der Waals surface area contributed by atoms with Crippen LogP contribution in [0.1, 0.15) is 5.56 Å². The van der Waals surface area contributed by atoms with Gasteiger partial charge in [0.2, 0.25) is 15.8 Å². The molecule has 0 aliphatic carbocycles. The number of rotatable bonds is 2. The average molecular weight is 346 g/mol. The van der Waals surface area contributed by atoms with E-state index in [9.17, 15) is 13.6 Å². The van der Waals surface area contributed by atoms with E-state index in [-0.39, 0.29) is 10.9 Å². The van der Waals surface area contributed by atoms with Crippen LogP contribution in [0.15, 0.2) is 64.2 Å².